The molecule has 12 aromatic heterocycles. The fourth-order valence-corrected chi connectivity index (χ4v) is 19.1. The summed E-state index contributed by atoms with van der Waals surface area (Å²) in [5.74, 6) is 1.17. The van der Waals surface area contributed by atoms with Crippen LogP contribution in [0.15, 0.2) is 188 Å². The first-order chi connectivity index (χ1) is 58.4. The molecule has 644 valence electrons. The van der Waals surface area contributed by atoms with Gasteiger partial charge in [0.25, 0.3) is 0 Å². The monoisotopic (exact) mass is 1660 g/mol. The van der Waals surface area contributed by atoms with Crippen LogP contribution in [0.1, 0.15) is 262 Å². The van der Waals surface area contributed by atoms with Crippen LogP contribution in [-0.4, -0.2) is 19.9 Å². The number of hydrogen-bond donors (Lipinski definition) is 0. The molecule has 0 aliphatic heterocycles. The van der Waals surface area contributed by atoms with Crippen LogP contribution in [0.2, 0.25) is 0 Å². The summed E-state index contributed by atoms with van der Waals surface area (Å²) in [6, 6.07) is 53.3. The van der Waals surface area contributed by atoms with Gasteiger partial charge < -0.3 is 17.7 Å². The van der Waals surface area contributed by atoms with Crippen LogP contribution < -0.4 is 18.3 Å². The van der Waals surface area contributed by atoms with Crippen molar-refractivity contribution in [3.63, 3.8) is 0 Å². The SMILES string of the molecule is Cc1ccc2c(oc3nc(C(C)(C)C)ccc32)c1-c1cc(CC(C)(C)C)cc[n+]1C.Cc1ccc2c(oc3nc(C4CCCC4)ccc32)c1-c1cc(CC(C)(C)C)cc[n+]1C.Cc1ccc2c(oc3nc(C4CCCCC4)ccc32)c1-c1cc(CC(C)(C)C)cc[n+]1C.Cc1ccc2c(oc3nc(CC(C)(C)C)ccc32)c1-c1cc(CC(C)(C)C)cc[n+]1C. The standard InChI is InChI=1S/C29H35N2O.C28H33N2O.C28H35N2O.C27H33N2O/c1-19-11-12-22-23-13-14-24(21-9-7-6-8-10-21)30-28(23)32-27(22)26(19)25-17-20(15-16-31(25)5)18-29(2,3)4;1-18-10-11-21-22-12-13-23(20-8-6-7-9-20)29-27(22)31-26(21)25(18)24-16-19(14-15-30(24)5)17-28(2,3)4;1-18-9-11-21-22-12-10-20(17-28(5,6)7)29-26(22)31-25(21)24(18)23-15-19(13-14-30(23)8)16-27(2,3)4;1-17-9-10-19-20-11-12-22(27(5,6)7)28-25(20)30-24(19)23(17)21-15-18(13-14-29(21)8)16-26(2,3)4/h11-17,21H,6-10,18H2,1-5H3;10-16,20H,6-9,17H2,1-5H3;9-15H,16-17H2,1-8H3;9-15H,16H2,1-8H3/q4*+1. The highest BCUT2D eigenvalue weighted by Gasteiger charge is 2.32. The summed E-state index contributed by atoms with van der Waals surface area (Å²) in [5, 5.41) is 8.97. The van der Waals surface area contributed by atoms with Crippen molar-refractivity contribution in [1.82, 2.24) is 19.9 Å². The molecule has 124 heavy (non-hydrogen) atoms. The van der Waals surface area contributed by atoms with Gasteiger partial charge in [-0.05, 0) is 206 Å². The fraction of sp³-hybridized carbons (Fsp3) is 0.429. The van der Waals surface area contributed by atoms with Crippen molar-refractivity contribution < 1.29 is 35.9 Å². The van der Waals surface area contributed by atoms with Crippen molar-refractivity contribution in [2.75, 3.05) is 0 Å². The van der Waals surface area contributed by atoms with Gasteiger partial charge in [-0.1, -0.05) is 205 Å². The quantitative estimate of drug-likeness (QED) is 0.117. The molecular weight excluding hydrogens is 1520 g/mol. The van der Waals surface area contributed by atoms with Gasteiger partial charge in [-0.3, -0.25) is 0 Å². The van der Waals surface area contributed by atoms with E-state index < -0.39 is 0 Å². The number of fused-ring (bicyclic) bond motifs is 12. The molecule has 12 heteroatoms. The molecule has 0 amide bonds. The van der Waals surface area contributed by atoms with Crippen molar-refractivity contribution in [3.05, 3.63) is 238 Å². The van der Waals surface area contributed by atoms with E-state index in [4.69, 9.17) is 37.6 Å². The van der Waals surface area contributed by atoms with E-state index in [1.54, 1.807) is 0 Å². The van der Waals surface area contributed by atoms with Crippen LogP contribution in [0.4, 0.5) is 0 Å². The summed E-state index contributed by atoms with van der Waals surface area (Å²) in [6.07, 6.45) is 25.4. The first-order valence-corrected chi connectivity index (χ1v) is 45.7. The van der Waals surface area contributed by atoms with E-state index >= 15 is 0 Å². The highest BCUT2D eigenvalue weighted by Crippen LogP contribution is 2.45. The predicted molar refractivity (Wildman–Crippen MR) is 513 cm³/mol. The average Bonchev–Trinajstić information content (AvgIpc) is 1.61. The third-order valence-electron chi connectivity index (χ3n) is 25.1. The average molecular weight is 1660 g/mol. The molecule has 2 aliphatic rings. The fourth-order valence-electron chi connectivity index (χ4n) is 19.1. The van der Waals surface area contributed by atoms with E-state index in [-0.39, 0.29) is 32.5 Å². The molecule has 18 rings (SSSR count). The first kappa shape index (κ1) is 88.2. The van der Waals surface area contributed by atoms with Crippen molar-refractivity contribution in [2.24, 2.45) is 55.3 Å². The Hall–Kier alpha value is -10.7. The van der Waals surface area contributed by atoms with E-state index in [0.29, 0.717) is 11.8 Å². The van der Waals surface area contributed by atoms with Gasteiger partial charge in [0.15, 0.2) is 47.1 Å². The Balaban J connectivity index is 0.000000128. The molecule has 0 radical (unpaired) electrons. The zero-order valence-electron chi connectivity index (χ0n) is 79.4. The molecule has 12 nitrogen and oxygen atoms in total. The zero-order chi connectivity index (χ0) is 88.6. The summed E-state index contributed by atoms with van der Waals surface area (Å²) >= 11 is 0. The van der Waals surface area contributed by atoms with Crippen LogP contribution >= 0.6 is 0 Å². The highest BCUT2D eigenvalue weighted by molar-refractivity contribution is 6.12. The van der Waals surface area contributed by atoms with Crippen LogP contribution in [0.25, 0.3) is 133 Å². The Morgan fingerprint density at radius 1 is 0.282 bits per heavy atom. The maximum Gasteiger partial charge on any atom is 0.227 e. The normalized spacial score (nSPS) is 14.2. The van der Waals surface area contributed by atoms with Crippen molar-refractivity contribution >= 4 is 88.3 Å². The molecule has 0 atom stereocenters. The summed E-state index contributed by atoms with van der Waals surface area (Å²) in [5.41, 5.74) is 32.1. The van der Waals surface area contributed by atoms with E-state index in [1.165, 1.54) is 148 Å². The lowest BCUT2D eigenvalue weighted by molar-refractivity contribution is -0.660. The summed E-state index contributed by atoms with van der Waals surface area (Å²) < 4.78 is 34.7. The molecule has 4 aromatic carbocycles. The number of aromatic nitrogens is 8. The van der Waals surface area contributed by atoms with E-state index in [1.807, 2.05) is 0 Å². The third kappa shape index (κ3) is 19.5. The number of nitrogens with zero attached hydrogens (tertiary/aromatic N) is 8. The van der Waals surface area contributed by atoms with E-state index in [0.717, 1.165) is 143 Å². The lowest BCUT2D eigenvalue weighted by Gasteiger charge is -2.20. The van der Waals surface area contributed by atoms with Gasteiger partial charge in [-0.2, -0.15) is 0 Å². The minimum absolute atomic E-state index is 0.0142. The zero-order valence-corrected chi connectivity index (χ0v) is 79.4. The lowest BCUT2D eigenvalue weighted by atomic mass is 9.86. The second-order valence-corrected chi connectivity index (χ2v) is 43.7. The minimum Gasteiger partial charge on any atom is -0.437 e. The van der Waals surface area contributed by atoms with Gasteiger partial charge in [0, 0.05) is 132 Å². The summed E-state index contributed by atoms with van der Waals surface area (Å²) in [4.78, 5) is 19.7. The number of furan rings is 4. The molecule has 12 heterocycles. The number of rotatable bonds is 11. The van der Waals surface area contributed by atoms with Gasteiger partial charge in [-0.25, -0.2) is 38.2 Å². The molecule has 2 aliphatic carbocycles. The molecule has 0 saturated heterocycles. The van der Waals surface area contributed by atoms with Gasteiger partial charge in [-0.15, -0.1) is 0 Å². The second kappa shape index (κ2) is 34.3. The number of benzene rings is 4. The Bertz CT molecular complexity index is 6680. The third-order valence-corrected chi connectivity index (χ3v) is 25.1. The minimum atomic E-state index is -0.0142. The maximum atomic E-state index is 6.52. The van der Waals surface area contributed by atoms with Crippen LogP contribution in [0.3, 0.4) is 0 Å². The Kier molecular flexibility index (Phi) is 24.4. The molecule has 0 spiro atoms. The smallest absolute Gasteiger partial charge is 0.227 e. The number of hydrogen-bond acceptors (Lipinski definition) is 8. The Labute approximate surface area is 737 Å². The topological polar surface area (TPSA) is 120 Å². The largest absolute Gasteiger partial charge is 0.437 e. The van der Waals surface area contributed by atoms with Crippen LogP contribution in [0, 0.1) is 54.8 Å². The second-order valence-electron chi connectivity index (χ2n) is 43.7. The molecule has 16 aromatic rings. The van der Waals surface area contributed by atoms with Gasteiger partial charge >= 0.3 is 0 Å². The van der Waals surface area contributed by atoms with Crippen molar-refractivity contribution in [2.45, 2.75) is 259 Å². The molecule has 2 saturated carbocycles. The van der Waals surface area contributed by atoms with Crippen molar-refractivity contribution in [3.8, 4) is 45.0 Å². The maximum absolute atomic E-state index is 6.52. The molecule has 0 N–H and O–H groups in total. The number of aryl methyl sites for hydroxylation is 8. The molecular formula is C112H136N8O4+4. The summed E-state index contributed by atoms with van der Waals surface area (Å²) in [7, 11) is 8.45. The molecule has 0 bridgehead atoms. The van der Waals surface area contributed by atoms with Gasteiger partial charge in [0.2, 0.25) is 45.6 Å². The van der Waals surface area contributed by atoms with Crippen LogP contribution in [-0.2, 0) is 65.7 Å². The van der Waals surface area contributed by atoms with Gasteiger partial charge in [0.05, 0.1) is 22.3 Å². The van der Waals surface area contributed by atoms with Gasteiger partial charge in [0.1, 0.15) is 28.2 Å². The Morgan fingerprint density at radius 2 is 0.540 bits per heavy atom. The molecule has 0 unspecified atom stereocenters. The highest BCUT2D eigenvalue weighted by atomic mass is 16.4. The summed E-state index contributed by atoms with van der Waals surface area (Å²) in [6.45, 7) is 49.4. The molecule has 2 fully saturated rings. The lowest BCUT2D eigenvalue weighted by Crippen LogP contribution is -2.31. The van der Waals surface area contributed by atoms with E-state index in [2.05, 4.69) is 369 Å². The van der Waals surface area contributed by atoms with E-state index in [9.17, 15) is 0 Å². The van der Waals surface area contributed by atoms with Crippen LogP contribution in [0.5, 0.6) is 0 Å². The predicted octanol–water partition coefficient (Wildman–Crippen LogP) is 28.1. The number of pyridine rings is 8. The first-order valence-electron chi connectivity index (χ1n) is 45.7. The Morgan fingerprint density at radius 3 is 0.831 bits per heavy atom. The van der Waals surface area contributed by atoms with Crippen molar-refractivity contribution in [1.29, 1.82) is 0 Å².